The predicted molar refractivity (Wildman–Crippen MR) is 148 cm³/mol. The second-order valence-electron chi connectivity index (χ2n) is 9.01. The number of aromatic nitrogens is 2. The maximum atomic E-state index is 5.81. The van der Waals surface area contributed by atoms with E-state index in [4.69, 9.17) is 28.9 Å². The number of morpholine rings is 2. The first-order valence-electron chi connectivity index (χ1n) is 13.0. The van der Waals surface area contributed by atoms with Crippen LogP contribution in [0.4, 0.5) is 17.6 Å². The summed E-state index contributed by atoms with van der Waals surface area (Å²) in [6, 6.07) is 17.7. The van der Waals surface area contributed by atoms with E-state index in [0.717, 1.165) is 54.6 Å². The van der Waals surface area contributed by atoms with E-state index in [1.807, 2.05) is 61.5 Å². The van der Waals surface area contributed by atoms with E-state index in [2.05, 4.69) is 20.3 Å². The number of aryl methyl sites for hydroxylation is 1. The van der Waals surface area contributed by atoms with Crippen LogP contribution >= 0.6 is 0 Å². The molecule has 5 rings (SSSR count). The van der Waals surface area contributed by atoms with Crippen LogP contribution < -0.4 is 24.7 Å². The first kappa shape index (κ1) is 25.7. The number of anilines is 3. The summed E-state index contributed by atoms with van der Waals surface area (Å²) in [5.74, 6) is 3.86. The van der Waals surface area contributed by atoms with Gasteiger partial charge >= 0.3 is 0 Å². The Kier molecular flexibility index (Phi) is 8.85. The molecule has 0 amide bonds. The van der Waals surface area contributed by atoms with Gasteiger partial charge in [-0.2, -0.15) is 15.1 Å². The van der Waals surface area contributed by atoms with Gasteiger partial charge in [0.1, 0.15) is 30.5 Å². The van der Waals surface area contributed by atoms with Crippen molar-refractivity contribution in [3.63, 3.8) is 0 Å². The van der Waals surface area contributed by atoms with Crippen LogP contribution in [0.25, 0.3) is 0 Å². The lowest BCUT2D eigenvalue weighted by molar-refractivity contribution is 0.121. The Morgan fingerprint density at radius 2 is 1.55 bits per heavy atom. The summed E-state index contributed by atoms with van der Waals surface area (Å²) in [5.41, 5.74) is 5.14. The molecule has 38 heavy (non-hydrogen) atoms. The van der Waals surface area contributed by atoms with Gasteiger partial charge in [-0.05, 0) is 48.4 Å². The molecule has 2 saturated heterocycles. The normalized spacial score (nSPS) is 16.0. The van der Waals surface area contributed by atoms with Gasteiger partial charge in [-0.25, -0.2) is 0 Å². The highest BCUT2D eigenvalue weighted by Gasteiger charge is 2.19. The molecular weight excluding hydrogens is 484 g/mol. The molecule has 10 nitrogen and oxygen atoms in total. The van der Waals surface area contributed by atoms with Crippen molar-refractivity contribution in [2.75, 3.05) is 81.0 Å². The number of ether oxygens (including phenoxy) is 4. The van der Waals surface area contributed by atoms with Crippen LogP contribution in [-0.2, 0) is 9.47 Å². The molecule has 0 bridgehead atoms. The van der Waals surface area contributed by atoms with Crippen molar-refractivity contribution in [1.29, 1.82) is 0 Å². The minimum absolute atomic E-state index is 0.466. The zero-order chi connectivity index (χ0) is 26.0. The average molecular weight is 519 g/mol. The molecule has 3 heterocycles. The number of hydrazone groups is 1. The molecule has 0 atom stereocenters. The van der Waals surface area contributed by atoms with Crippen molar-refractivity contribution >= 4 is 23.8 Å². The summed E-state index contributed by atoms with van der Waals surface area (Å²) < 4.78 is 22.6. The third kappa shape index (κ3) is 7.11. The van der Waals surface area contributed by atoms with E-state index in [1.54, 1.807) is 6.21 Å². The van der Waals surface area contributed by atoms with Crippen LogP contribution in [0.1, 0.15) is 11.1 Å². The predicted octanol–water partition coefficient (Wildman–Crippen LogP) is 3.36. The highest BCUT2D eigenvalue weighted by Crippen LogP contribution is 2.22. The Balaban J connectivity index is 1.16. The topological polar surface area (TPSA) is 93.6 Å². The molecule has 200 valence electrons. The second kappa shape index (κ2) is 13.1. The van der Waals surface area contributed by atoms with E-state index in [1.165, 1.54) is 0 Å². The Morgan fingerprint density at radius 1 is 0.868 bits per heavy atom. The monoisotopic (exact) mass is 518 g/mol. The summed E-state index contributed by atoms with van der Waals surface area (Å²) in [6.45, 7) is 8.84. The van der Waals surface area contributed by atoms with Crippen LogP contribution in [0.2, 0.25) is 0 Å². The standard InChI is InChI=1S/C28H34N6O4/c1-22-4-2-3-5-25(22)38-19-18-37-24-8-6-23(7-9-24)21-29-32-26-20-27(33-10-14-35-15-11-33)31-28(30-26)34-12-16-36-17-13-34/h2-9,20-21H,10-19H2,1H3,(H,30,31,32)/b29-21-. The zero-order valence-corrected chi connectivity index (χ0v) is 21.7. The van der Waals surface area contributed by atoms with Crippen LogP contribution in [-0.4, -0.2) is 82.0 Å². The van der Waals surface area contributed by atoms with Gasteiger partial charge in [-0.15, -0.1) is 0 Å². The number of hydrogen-bond donors (Lipinski definition) is 1. The Bertz CT molecular complexity index is 1160. The van der Waals surface area contributed by atoms with Crippen molar-refractivity contribution in [2.45, 2.75) is 6.92 Å². The van der Waals surface area contributed by atoms with Gasteiger partial charge in [0.15, 0.2) is 5.82 Å². The first-order valence-corrected chi connectivity index (χ1v) is 13.0. The van der Waals surface area contributed by atoms with Crippen molar-refractivity contribution < 1.29 is 18.9 Å². The fourth-order valence-corrected chi connectivity index (χ4v) is 4.19. The molecule has 2 aliphatic heterocycles. The fraction of sp³-hybridized carbons (Fsp3) is 0.393. The molecular formula is C28H34N6O4. The number of rotatable bonds is 10. The van der Waals surface area contributed by atoms with E-state index in [9.17, 15) is 0 Å². The molecule has 0 saturated carbocycles. The average Bonchev–Trinajstić information content (AvgIpc) is 2.98. The van der Waals surface area contributed by atoms with Crippen molar-refractivity contribution in [1.82, 2.24) is 9.97 Å². The van der Waals surface area contributed by atoms with Crippen LogP contribution in [0.15, 0.2) is 59.7 Å². The highest BCUT2D eigenvalue weighted by molar-refractivity contribution is 5.80. The van der Waals surface area contributed by atoms with E-state index in [-0.39, 0.29) is 0 Å². The molecule has 2 aliphatic rings. The molecule has 0 aliphatic carbocycles. The molecule has 0 spiro atoms. The molecule has 3 aromatic rings. The van der Waals surface area contributed by atoms with Crippen LogP contribution in [0, 0.1) is 6.92 Å². The number of para-hydroxylation sites is 1. The molecule has 2 fully saturated rings. The SMILES string of the molecule is Cc1ccccc1OCCOc1ccc(/C=N\Nc2cc(N3CCOCC3)nc(N3CCOCC3)n2)cc1. The second-order valence-corrected chi connectivity index (χ2v) is 9.01. The lowest BCUT2D eigenvalue weighted by Crippen LogP contribution is -2.39. The van der Waals surface area contributed by atoms with Gasteiger partial charge in [0, 0.05) is 32.2 Å². The Morgan fingerprint density at radius 3 is 2.29 bits per heavy atom. The van der Waals surface area contributed by atoms with Gasteiger partial charge < -0.3 is 28.7 Å². The summed E-state index contributed by atoms with van der Waals surface area (Å²) >= 11 is 0. The summed E-state index contributed by atoms with van der Waals surface area (Å²) in [5, 5.41) is 4.42. The van der Waals surface area contributed by atoms with Crippen molar-refractivity contribution in [2.24, 2.45) is 5.10 Å². The highest BCUT2D eigenvalue weighted by atomic mass is 16.5. The van der Waals surface area contributed by atoms with Gasteiger partial charge in [0.2, 0.25) is 5.95 Å². The van der Waals surface area contributed by atoms with Crippen molar-refractivity contribution in [3.8, 4) is 11.5 Å². The van der Waals surface area contributed by atoms with Gasteiger partial charge in [-0.1, -0.05) is 18.2 Å². The Labute approximate surface area is 223 Å². The van der Waals surface area contributed by atoms with Gasteiger partial charge in [0.05, 0.1) is 32.6 Å². The molecule has 1 N–H and O–H groups in total. The number of hydrogen-bond acceptors (Lipinski definition) is 10. The third-order valence-corrected chi connectivity index (χ3v) is 6.31. The maximum absolute atomic E-state index is 5.81. The number of nitrogens with zero attached hydrogens (tertiary/aromatic N) is 5. The summed E-state index contributed by atoms with van der Waals surface area (Å²) in [6.07, 6.45) is 1.76. The molecule has 2 aromatic carbocycles. The van der Waals surface area contributed by atoms with Crippen LogP contribution in [0.5, 0.6) is 11.5 Å². The molecule has 0 radical (unpaired) electrons. The maximum Gasteiger partial charge on any atom is 0.229 e. The van der Waals surface area contributed by atoms with Gasteiger partial charge in [-0.3, -0.25) is 5.43 Å². The minimum atomic E-state index is 0.466. The van der Waals surface area contributed by atoms with E-state index < -0.39 is 0 Å². The Hall–Kier alpha value is -3.89. The largest absolute Gasteiger partial charge is 0.490 e. The first-order chi connectivity index (χ1) is 18.7. The molecule has 1 aromatic heterocycles. The van der Waals surface area contributed by atoms with Crippen LogP contribution in [0.3, 0.4) is 0 Å². The zero-order valence-electron chi connectivity index (χ0n) is 21.7. The summed E-state index contributed by atoms with van der Waals surface area (Å²) in [7, 11) is 0. The minimum Gasteiger partial charge on any atom is -0.490 e. The molecule has 0 unspecified atom stereocenters. The van der Waals surface area contributed by atoms with Crippen molar-refractivity contribution in [3.05, 3.63) is 65.7 Å². The van der Waals surface area contributed by atoms with E-state index in [0.29, 0.717) is 51.4 Å². The quantitative estimate of drug-likeness (QED) is 0.246. The number of nitrogens with one attached hydrogen (secondary N) is 1. The number of benzene rings is 2. The third-order valence-electron chi connectivity index (χ3n) is 6.31. The smallest absolute Gasteiger partial charge is 0.229 e. The molecule has 10 heteroatoms. The van der Waals surface area contributed by atoms with Gasteiger partial charge in [0.25, 0.3) is 0 Å². The lowest BCUT2D eigenvalue weighted by atomic mass is 10.2. The summed E-state index contributed by atoms with van der Waals surface area (Å²) in [4.78, 5) is 13.9. The van der Waals surface area contributed by atoms with E-state index >= 15 is 0 Å². The fourth-order valence-electron chi connectivity index (χ4n) is 4.19. The lowest BCUT2D eigenvalue weighted by Gasteiger charge is -2.31.